The van der Waals surface area contributed by atoms with Crippen LogP contribution in [0.3, 0.4) is 0 Å². The molecule has 1 aromatic heterocycles. The van der Waals surface area contributed by atoms with E-state index >= 15 is 0 Å². The molecule has 0 unspecified atom stereocenters. The first-order valence-corrected chi connectivity index (χ1v) is 14.4. The summed E-state index contributed by atoms with van der Waals surface area (Å²) >= 11 is 0. The summed E-state index contributed by atoms with van der Waals surface area (Å²) < 4.78 is 0. The monoisotopic (exact) mass is 543 g/mol. The van der Waals surface area contributed by atoms with Crippen LogP contribution in [0.5, 0.6) is 0 Å². The smallest absolute Gasteiger partial charge is 0.217 e. The highest BCUT2D eigenvalue weighted by Gasteiger charge is 2.44. The van der Waals surface area contributed by atoms with E-state index in [0.29, 0.717) is 13.0 Å². The fourth-order valence-corrected chi connectivity index (χ4v) is 5.00. The van der Waals surface area contributed by atoms with E-state index in [1.807, 2.05) is 37.3 Å². The van der Waals surface area contributed by atoms with Crippen molar-refractivity contribution in [3.63, 3.8) is 0 Å². The summed E-state index contributed by atoms with van der Waals surface area (Å²) in [5.41, 5.74) is 5.43. The quantitative estimate of drug-likeness (QED) is 0.250. The fraction of sp³-hybridized carbons (Fsp3) is 0.485. The van der Waals surface area contributed by atoms with Crippen LogP contribution in [0.25, 0.3) is 0 Å². The number of rotatable bonds is 11. The molecular formula is C33H45N5O2. The SMILES string of the molecule is CC(=O)N[C@@H](Cc1ccc(Nc2cc(C)nc(C(C)C)n2)cc1)[C@H](O)CNC1(c2cccc(C(C)(C)C)c2)CC1. The van der Waals surface area contributed by atoms with Gasteiger partial charge in [-0.05, 0) is 60.4 Å². The number of carbonyl (C=O) groups is 1. The van der Waals surface area contributed by atoms with Gasteiger partial charge < -0.3 is 21.1 Å². The van der Waals surface area contributed by atoms with Crippen LogP contribution in [0.15, 0.2) is 54.6 Å². The summed E-state index contributed by atoms with van der Waals surface area (Å²) in [4.78, 5) is 21.2. The van der Waals surface area contributed by atoms with Crippen LogP contribution in [0.2, 0.25) is 0 Å². The maximum absolute atomic E-state index is 12.0. The van der Waals surface area contributed by atoms with E-state index in [4.69, 9.17) is 0 Å². The molecule has 1 fully saturated rings. The van der Waals surface area contributed by atoms with E-state index in [0.717, 1.165) is 41.4 Å². The number of aromatic nitrogens is 2. The molecule has 2 atom stereocenters. The number of carbonyl (C=O) groups excluding carboxylic acids is 1. The molecule has 3 aromatic rings. The fourth-order valence-electron chi connectivity index (χ4n) is 5.00. The predicted octanol–water partition coefficient (Wildman–Crippen LogP) is 5.64. The van der Waals surface area contributed by atoms with Gasteiger partial charge >= 0.3 is 0 Å². The summed E-state index contributed by atoms with van der Waals surface area (Å²) in [5.74, 6) is 1.68. The highest BCUT2D eigenvalue weighted by Crippen LogP contribution is 2.46. The Balaban J connectivity index is 1.40. The largest absolute Gasteiger partial charge is 0.390 e. The highest BCUT2D eigenvalue weighted by atomic mass is 16.3. The van der Waals surface area contributed by atoms with Crippen molar-refractivity contribution in [3.05, 3.63) is 82.8 Å². The van der Waals surface area contributed by atoms with Gasteiger partial charge in [0.15, 0.2) is 0 Å². The molecular weight excluding hydrogens is 498 g/mol. The molecule has 1 heterocycles. The Hall–Kier alpha value is -3.29. The van der Waals surface area contributed by atoms with Gasteiger partial charge in [-0.25, -0.2) is 9.97 Å². The minimum Gasteiger partial charge on any atom is -0.390 e. The van der Waals surface area contributed by atoms with Crippen molar-refractivity contribution in [2.24, 2.45) is 0 Å². The van der Waals surface area contributed by atoms with E-state index in [1.165, 1.54) is 18.1 Å². The lowest BCUT2D eigenvalue weighted by Crippen LogP contribution is -2.49. The Morgan fingerprint density at radius 2 is 1.75 bits per heavy atom. The lowest BCUT2D eigenvalue weighted by Gasteiger charge is -2.28. The molecule has 0 radical (unpaired) electrons. The van der Waals surface area contributed by atoms with Gasteiger partial charge in [0.05, 0.1) is 12.1 Å². The summed E-state index contributed by atoms with van der Waals surface area (Å²) in [6, 6.07) is 18.3. The number of anilines is 2. The number of nitrogens with zero attached hydrogens (tertiary/aromatic N) is 2. The zero-order valence-corrected chi connectivity index (χ0v) is 25.0. The van der Waals surface area contributed by atoms with Gasteiger partial charge in [0.2, 0.25) is 5.91 Å². The Bertz CT molecular complexity index is 1310. The zero-order chi connectivity index (χ0) is 29.1. The van der Waals surface area contributed by atoms with Crippen LogP contribution >= 0.6 is 0 Å². The summed E-state index contributed by atoms with van der Waals surface area (Å²) in [5, 5.41) is 21.2. The Labute approximate surface area is 239 Å². The van der Waals surface area contributed by atoms with Gasteiger partial charge in [-0.2, -0.15) is 0 Å². The average molecular weight is 544 g/mol. The average Bonchev–Trinajstić information content (AvgIpc) is 3.68. The Morgan fingerprint density at radius 3 is 2.35 bits per heavy atom. The first-order chi connectivity index (χ1) is 18.8. The molecule has 40 heavy (non-hydrogen) atoms. The van der Waals surface area contributed by atoms with Crippen molar-refractivity contribution >= 4 is 17.4 Å². The second-order valence-corrected chi connectivity index (χ2v) is 12.6. The predicted molar refractivity (Wildman–Crippen MR) is 162 cm³/mol. The number of aliphatic hydroxyl groups excluding tert-OH is 1. The third-order valence-corrected chi connectivity index (χ3v) is 7.60. The molecule has 1 aliphatic rings. The second-order valence-electron chi connectivity index (χ2n) is 12.6. The second kappa shape index (κ2) is 12.1. The number of nitrogens with one attached hydrogen (secondary N) is 3. The molecule has 4 rings (SSSR count). The Morgan fingerprint density at radius 1 is 1.05 bits per heavy atom. The standard InChI is InChI=1S/C33H45N5O2/c1-21(2)31-35-22(3)17-30(38-31)37-27-13-11-24(12-14-27)18-28(36-23(4)39)29(40)20-34-33(15-16-33)26-10-8-9-25(19-26)32(5,6)7/h8-14,17,19,21,28-29,34,40H,15-16,18,20H2,1-7H3,(H,36,39)(H,35,37,38)/t28-,29+/m0/s1. The van der Waals surface area contributed by atoms with Crippen LogP contribution in [0.1, 0.15) is 88.5 Å². The topological polar surface area (TPSA) is 99.2 Å². The highest BCUT2D eigenvalue weighted by molar-refractivity contribution is 5.73. The van der Waals surface area contributed by atoms with Crippen LogP contribution in [-0.2, 0) is 22.2 Å². The normalized spacial score (nSPS) is 15.9. The lowest BCUT2D eigenvalue weighted by molar-refractivity contribution is -0.120. The van der Waals surface area contributed by atoms with Gasteiger partial charge in [0.25, 0.3) is 0 Å². The van der Waals surface area contributed by atoms with Gasteiger partial charge in [-0.3, -0.25) is 4.79 Å². The van der Waals surface area contributed by atoms with Gasteiger partial charge in [0, 0.05) is 42.4 Å². The van der Waals surface area contributed by atoms with E-state index in [-0.39, 0.29) is 22.8 Å². The van der Waals surface area contributed by atoms with Crippen molar-refractivity contribution in [2.75, 3.05) is 11.9 Å². The van der Waals surface area contributed by atoms with E-state index in [9.17, 15) is 9.90 Å². The van der Waals surface area contributed by atoms with Crippen LogP contribution in [0.4, 0.5) is 11.5 Å². The summed E-state index contributed by atoms with van der Waals surface area (Å²) in [6.07, 6.45) is 1.87. The van der Waals surface area contributed by atoms with Crippen LogP contribution in [0, 0.1) is 6.92 Å². The summed E-state index contributed by atoms with van der Waals surface area (Å²) in [7, 11) is 0. The number of hydrogen-bond donors (Lipinski definition) is 4. The van der Waals surface area contributed by atoms with Crippen molar-refractivity contribution in [3.8, 4) is 0 Å². The number of aryl methyl sites for hydroxylation is 1. The number of amides is 1. The van der Waals surface area contributed by atoms with Crippen LogP contribution in [-0.4, -0.2) is 39.7 Å². The summed E-state index contributed by atoms with van der Waals surface area (Å²) in [6.45, 7) is 14.7. The molecule has 214 valence electrons. The first-order valence-electron chi connectivity index (χ1n) is 14.4. The molecule has 2 aromatic carbocycles. The third kappa shape index (κ3) is 7.67. The van der Waals surface area contributed by atoms with Crippen molar-refractivity contribution < 1.29 is 9.90 Å². The number of hydrogen-bond acceptors (Lipinski definition) is 6. The zero-order valence-electron chi connectivity index (χ0n) is 25.0. The van der Waals surface area contributed by atoms with Crippen LogP contribution < -0.4 is 16.0 Å². The van der Waals surface area contributed by atoms with E-state index in [1.54, 1.807) is 0 Å². The maximum Gasteiger partial charge on any atom is 0.217 e. The third-order valence-electron chi connectivity index (χ3n) is 7.60. The molecule has 0 bridgehead atoms. The lowest BCUT2D eigenvalue weighted by atomic mass is 9.85. The van der Waals surface area contributed by atoms with Crippen molar-refractivity contribution in [1.82, 2.24) is 20.6 Å². The Kier molecular flexibility index (Phi) is 8.96. The van der Waals surface area contributed by atoms with Crippen molar-refractivity contribution in [1.29, 1.82) is 0 Å². The molecule has 4 N–H and O–H groups in total. The van der Waals surface area contributed by atoms with E-state index < -0.39 is 12.1 Å². The molecule has 7 nitrogen and oxygen atoms in total. The van der Waals surface area contributed by atoms with E-state index in [2.05, 4.69) is 84.8 Å². The van der Waals surface area contributed by atoms with Gasteiger partial charge in [0.1, 0.15) is 11.6 Å². The molecule has 0 saturated heterocycles. The first kappa shape index (κ1) is 29.7. The number of benzene rings is 2. The minimum atomic E-state index is -0.733. The maximum atomic E-state index is 12.0. The molecule has 1 amide bonds. The minimum absolute atomic E-state index is 0.0813. The molecule has 0 spiro atoms. The molecule has 1 saturated carbocycles. The molecule has 7 heteroatoms. The number of aliphatic hydroxyl groups is 1. The molecule has 0 aliphatic heterocycles. The van der Waals surface area contributed by atoms with Gasteiger partial charge in [-0.15, -0.1) is 0 Å². The van der Waals surface area contributed by atoms with Crippen molar-refractivity contribution in [2.45, 2.75) is 96.7 Å². The van der Waals surface area contributed by atoms with Gasteiger partial charge in [-0.1, -0.05) is 71.0 Å². The molecule has 1 aliphatic carbocycles.